The number of piperidine rings is 1. The van der Waals surface area contributed by atoms with Crippen molar-refractivity contribution in [3.05, 3.63) is 42.8 Å². The third-order valence-corrected chi connectivity index (χ3v) is 2.24. The van der Waals surface area contributed by atoms with Crippen LogP contribution >= 0.6 is 0 Å². The summed E-state index contributed by atoms with van der Waals surface area (Å²) in [6.45, 7) is 1.74. The van der Waals surface area contributed by atoms with Crippen LogP contribution < -0.4 is 5.73 Å². The zero-order chi connectivity index (χ0) is 11.6. The molecule has 0 atom stereocenters. The van der Waals surface area contributed by atoms with E-state index in [-0.39, 0.29) is 38.7 Å². The summed E-state index contributed by atoms with van der Waals surface area (Å²) in [6, 6.07) is 12.5. The number of hydrogen-bond donors (Lipinski definition) is 2. The molecule has 0 aromatic heterocycles. The fraction of sp³-hybridized carbons (Fsp3) is 0.333. The van der Waals surface area contributed by atoms with Gasteiger partial charge in [0.05, 0.1) is 0 Å². The number of benzene rings is 1. The Morgan fingerprint density at radius 1 is 1.24 bits per heavy atom. The van der Waals surface area contributed by atoms with E-state index in [0.29, 0.717) is 0 Å². The molecule has 5 heteroatoms. The van der Waals surface area contributed by atoms with Gasteiger partial charge in [-0.15, -0.1) is 0 Å². The van der Waals surface area contributed by atoms with Crippen molar-refractivity contribution in [1.82, 2.24) is 4.90 Å². The normalized spacial score (nSPS) is 15.3. The Hall–Kier alpha value is -0.606. The smallest absolute Gasteiger partial charge is 0.233 e. The summed E-state index contributed by atoms with van der Waals surface area (Å²) in [6.07, 6.45) is 4.26. The van der Waals surface area contributed by atoms with Gasteiger partial charge in [0, 0.05) is 32.7 Å². The third kappa shape index (κ3) is 7.34. The molecule has 17 heavy (non-hydrogen) atoms. The van der Waals surface area contributed by atoms with Gasteiger partial charge in [-0.1, -0.05) is 5.16 Å². The molecule has 0 amide bonds. The van der Waals surface area contributed by atoms with E-state index in [1.54, 1.807) is 0 Å². The molecule has 1 saturated heterocycles. The summed E-state index contributed by atoms with van der Waals surface area (Å²) in [5, 5.41) is 11.2. The van der Waals surface area contributed by atoms with Crippen LogP contribution in [0.25, 0.3) is 0 Å². The van der Waals surface area contributed by atoms with Crippen molar-refractivity contribution in [2.24, 2.45) is 10.9 Å². The Labute approximate surface area is 128 Å². The van der Waals surface area contributed by atoms with Crippen LogP contribution in [-0.4, -0.2) is 29.2 Å². The molecular formula is C12H17N3OY-2. The summed E-state index contributed by atoms with van der Waals surface area (Å²) < 4.78 is 0. The fourth-order valence-corrected chi connectivity index (χ4v) is 1.38. The average molecular weight is 308 g/mol. The maximum absolute atomic E-state index is 8.30. The van der Waals surface area contributed by atoms with Crippen LogP contribution in [-0.2, 0) is 32.7 Å². The van der Waals surface area contributed by atoms with Crippen LogP contribution in [0.2, 0.25) is 0 Å². The average Bonchev–Trinajstić information content (AvgIpc) is 2.41. The number of nitrogens with zero attached hydrogens (tertiary/aromatic N) is 2. The van der Waals surface area contributed by atoms with Gasteiger partial charge in [-0.05, 0) is 13.1 Å². The Morgan fingerprint density at radius 3 is 2.18 bits per heavy atom. The van der Waals surface area contributed by atoms with E-state index in [2.05, 4.69) is 17.6 Å². The zero-order valence-corrected chi connectivity index (χ0v) is 12.6. The quantitative estimate of drug-likeness (QED) is 0.251. The van der Waals surface area contributed by atoms with E-state index < -0.39 is 0 Å². The van der Waals surface area contributed by atoms with Crippen LogP contribution in [0.15, 0.2) is 35.5 Å². The third-order valence-electron chi connectivity index (χ3n) is 2.24. The Bertz CT molecular complexity index is 273. The minimum absolute atomic E-state index is 0. The first-order valence-corrected chi connectivity index (χ1v) is 5.30. The van der Waals surface area contributed by atoms with Gasteiger partial charge in [0.15, 0.2) is 0 Å². The molecule has 0 unspecified atom stereocenters. The van der Waals surface area contributed by atoms with Crippen LogP contribution in [0, 0.1) is 12.5 Å². The molecule has 1 aliphatic heterocycles. The predicted molar refractivity (Wildman–Crippen MR) is 63.8 cm³/mol. The van der Waals surface area contributed by atoms with Gasteiger partial charge in [-0.25, -0.2) is 0 Å². The summed E-state index contributed by atoms with van der Waals surface area (Å²) in [5.74, 6) is 0.230. The van der Waals surface area contributed by atoms with Crippen molar-refractivity contribution in [1.29, 1.82) is 0 Å². The summed E-state index contributed by atoms with van der Waals surface area (Å²) in [7, 11) is 0. The molecule has 3 N–H and O–H groups in total. The molecule has 1 heterocycles. The second-order valence-electron chi connectivity index (χ2n) is 3.39. The maximum Gasteiger partial charge on any atom is 0.233 e. The molecule has 4 nitrogen and oxygen atoms in total. The standard InChI is InChI=1S/C6H12N3O.C6H5.Y/c7-6(8-10)9-4-2-1-3-5-9;1-2-4-6-5-3-1;/h1,10H,2-5H2,(H2,7,8);1-5H;/q2*-1;. The van der Waals surface area contributed by atoms with Gasteiger partial charge >= 0.3 is 0 Å². The van der Waals surface area contributed by atoms with Crippen molar-refractivity contribution in [3.63, 3.8) is 0 Å². The molecule has 1 aromatic carbocycles. The van der Waals surface area contributed by atoms with Crippen LogP contribution in [0.4, 0.5) is 0 Å². The second kappa shape index (κ2) is 10.5. The van der Waals surface area contributed by atoms with Gasteiger partial charge in [0.1, 0.15) is 0 Å². The van der Waals surface area contributed by atoms with Crippen molar-refractivity contribution in [3.8, 4) is 0 Å². The predicted octanol–water partition coefficient (Wildman–Crippen LogP) is 1.47. The van der Waals surface area contributed by atoms with Crippen LogP contribution in [0.5, 0.6) is 0 Å². The van der Waals surface area contributed by atoms with Crippen LogP contribution in [0.3, 0.4) is 0 Å². The minimum atomic E-state index is 0. The molecular weight excluding hydrogens is 291 g/mol. The first-order valence-electron chi connectivity index (χ1n) is 5.30. The molecule has 2 rings (SSSR count). The molecule has 0 bridgehead atoms. The Balaban J connectivity index is 0.000000316. The van der Waals surface area contributed by atoms with Crippen molar-refractivity contribution >= 4 is 5.96 Å². The molecule has 1 fully saturated rings. The molecule has 91 valence electrons. The van der Waals surface area contributed by atoms with Gasteiger partial charge < -0.3 is 22.3 Å². The molecule has 0 aliphatic carbocycles. The molecule has 1 aromatic rings. The van der Waals surface area contributed by atoms with E-state index in [1.807, 2.05) is 35.2 Å². The van der Waals surface area contributed by atoms with Crippen molar-refractivity contribution < 1.29 is 37.9 Å². The van der Waals surface area contributed by atoms with E-state index in [4.69, 9.17) is 10.9 Å². The molecule has 0 saturated carbocycles. The largest absolute Gasteiger partial charge is 0.408 e. The number of guanidine groups is 1. The zero-order valence-electron chi connectivity index (χ0n) is 9.79. The van der Waals surface area contributed by atoms with Crippen LogP contribution in [0.1, 0.15) is 12.8 Å². The van der Waals surface area contributed by atoms with E-state index >= 15 is 0 Å². The maximum atomic E-state index is 8.30. The van der Waals surface area contributed by atoms with Gasteiger partial charge in [-0.2, -0.15) is 49.2 Å². The minimum Gasteiger partial charge on any atom is -0.408 e. The molecule has 1 aliphatic rings. The number of oxime groups is 1. The fourth-order valence-electron chi connectivity index (χ4n) is 1.38. The number of rotatable bonds is 0. The number of nitrogens with two attached hydrogens (primary N) is 1. The second-order valence-corrected chi connectivity index (χ2v) is 3.39. The van der Waals surface area contributed by atoms with Gasteiger partial charge in [0.25, 0.3) is 0 Å². The molecule has 0 spiro atoms. The summed E-state index contributed by atoms with van der Waals surface area (Å²) >= 11 is 0. The van der Waals surface area contributed by atoms with Crippen molar-refractivity contribution in [2.75, 3.05) is 13.1 Å². The Morgan fingerprint density at radius 2 is 1.82 bits per heavy atom. The van der Waals surface area contributed by atoms with E-state index in [0.717, 1.165) is 25.9 Å². The number of likely N-dealkylation sites (tertiary alicyclic amines) is 1. The summed E-state index contributed by atoms with van der Waals surface area (Å²) in [4.78, 5) is 1.86. The SMILES string of the molecule is N/C(=N\O)N1CC[CH-]CC1.[Y].[c-]1ccccc1. The first-order chi connectivity index (χ1) is 7.84. The van der Waals surface area contributed by atoms with Crippen molar-refractivity contribution in [2.45, 2.75) is 12.8 Å². The van der Waals surface area contributed by atoms with Gasteiger partial charge in [-0.3, -0.25) is 0 Å². The monoisotopic (exact) mass is 308 g/mol. The van der Waals surface area contributed by atoms with E-state index in [9.17, 15) is 0 Å². The first kappa shape index (κ1) is 16.4. The van der Waals surface area contributed by atoms with Gasteiger partial charge in [0.2, 0.25) is 5.96 Å². The summed E-state index contributed by atoms with van der Waals surface area (Å²) in [5.41, 5.74) is 5.36. The van der Waals surface area contributed by atoms with E-state index in [1.165, 1.54) is 0 Å². The topological polar surface area (TPSA) is 61.9 Å². The Kier molecular flexibility index (Phi) is 10.2. The number of hydrogen-bond acceptors (Lipinski definition) is 2. The molecule has 1 radical (unpaired) electrons.